The maximum atomic E-state index is 12.1. The Morgan fingerprint density at radius 3 is 2.72 bits per heavy atom. The second-order valence-corrected chi connectivity index (χ2v) is 6.11. The fourth-order valence-corrected chi connectivity index (χ4v) is 3.20. The Bertz CT molecular complexity index is 394. The maximum absolute atomic E-state index is 12.1. The molecule has 1 aromatic heterocycles. The van der Waals surface area contributed by atoms with Crippen LogP contribution in [0.3, 0.4) is 0 Å². The van der Waals surface area contributed by atoms with Gasteiger partial charge in [0.25, 0.3) is 0 Å². The molecule has 0 radical (unpaired) electrons. The molecule has 3 nitrogen and oxygen atoms in total. The van der Waals surface area contributed by atoms with E-state index in [0.717, 1.165) is 37.2 Å². The van der Waals surface area contributed by atoms with Gasteiger partial charge in [-0.25, -0.2) is 0 Å². The number of Topliss-reactive ketones (excluding diaryl/α,β-unsaturated/α-hetero) is 1. The molecule has 1 aliphatic rings. The molecule has 0 saturated carbocycles. The van der Waals surface area contributed by atoms with E-state index in [9.17, 15) is 4.79 Å². The summed E-state index contributed by atoms with van der Waals surface area (Å²) in [6.07, 6.45) is 3.02. The van der Waals surface area contributed by atoms with Gasteiger partial charge in [-0.2, -0.15) is 0 Å². The first kappa shape index (κ1) is 13.7. The Morgan fingerprint density at radius 2 is 2.17 bits per heavy atom. The summed E-state index contributed by atoms with van der Waals surface area (Å²) in [6, 6.07) is 4.00. The molecule has 1 saturated heterocycles. The van der Waals surface area contributed by atoms with Gasteiger partial charge in [-0.1, -0.05) is 6.92 Å². The quantitative estimate of drug-likeness (QED) is 0.831. The molecule has 2 heterocycles. The van der Waals surface area contributed by atoms with Gasteiger partial charge in [-0.05, 0) is 50.4 Å². The second-order valence-electron chi connectivity index (χ2n) is 4.94. The van der Waals surface area contributed by atoms with Crippen molar-refractivity contribution in [2.24, 2.45) is 5.92 Å². The van der Waals surface area contributed by atoms with E-state index in [2.05, 4.69) is 17.9 Å². The SMILES string of the molecule is CCc1ccc(C(=O)CN2CCC(CO)CC2)s1. The van der Waals surface area contributed by atoms with Crippen molar-refractivity contribution in [2.75, 3.05) is 26.2 Å². The minimum absolute atomic E-state index is 0.238. The third-order valence-electron chi connectivity index (χ3n) is 3.62. The topological polar surface area (TPSA) is 40.5 Å². The Hall–Kier alpha value is -0.710. The number of aliphatic hydroxyl groups is 1. The summed E-state index contributed by atoms with van der Waals surface area (Å²) in [5, 5.41) is 9.08. The smallest absolute Gasteiger partial charge is 0.186 e. The molecule has 0 atom stereocenters. The highest BCUT2D eigenvalue weighted by Crippen LogP contribution is 2.20. The molecule has 1 fully saturated rings. The predicted octanol–water partition coefficient (Wildman–Crippen LogP) is 2.20. The van der Waals surface area contributed by atoms with Gasteiger partial charge < -0.3 is 5.11 Å². The fraction of sp³-hybridized carbons (Fsp3) is 0.643. The molecule has 0 spiro atoms. The van der Waals surface area contributed by atoms with Crippen LogP contribution in [-0.4, -0.2) is 42.0 Å². The molecule has 0 amide bonds. The van der Waals surface area contributed by atoms with Crippen LogP contribution in [-0.2, 0) is 6.42 Å². The Balaban J connectivity index is 1.84. The van der Waals surface area contributed by atoms with Crippen LogP contribution in [0, 0.1) is 5.92 Å². The van der Waals surface area contributed by atoms with Crippen LogP contribution in [0.15, 0.2) is 12.1 Å². The highest BCUT2D eigenvalue weighted by atomic mass is 32.1. The lowest BCUT2D eigenvalue weighted by Gasteiger charge is -2.30. The number of nitrogens with zero attached hydrogens (tertiary/aromatic N) is 1. The number of aryl methyl sites for hydroxylation is 1. The normalized spacial score (nSPS) is 18.1. The first-order valence-corrected chi connectivity index (χ1v) is 7.49. The second kappa shape index (κ2) is 6.45. The lowest BCUT2D eigenvalue weighted by molar-refractivity contribution is 0.0868. The van der Waals surface area contributed by atoms with E-state index in [0.29, 0.717) is 12.5 Å². The van der Waals surface area contributed by atoms with E-state index >= 15 is 0 Å². The predicted molar refractivity (Wildman–Crippen MR) is 74.3 cm³/mol. The van der Waals surface area contributed by atoms with Gasteiger partial charge in [0.2, 0.25) is 0 Å². The third-order valence-corrected chi connectivity index (χ3v) is 4.89. The van der Waals surface area contributed by atoms with E-state index in [1.54, 1.807) is 11.3 Å². The van der Waals surface area contributed by atoms with E-state index in [1.165, 1.54) is 4.88 Å². The number of likely N-dealkylation sites (tertiary alicyclic amines) is 1. The van der Waals surface area contributed by atoms with E-state index in [1.807, 2.05) is 6.07 Å². The van der Waals surface area contributed by atoms with Crippen molar-refractivity contribution in [3.05, 3.63) is 21.9 Å². The molecular formula is C14H21NO2S. The van der Waals surface area contributed by atoms with Crippen LogP contribution >= 0.6 is 11.3 Å². The molecular weight excluding hydrogens is 246 g/mol. The summed E-state index contributed by atoms with van der Waals surface area (Å²) in [4.78, 5) is 16.5. The van der Waals surface area contributed by atoms with Crippen molar-refractivity contribution in [3.63, 3.8) is 0 Å². The molecule has 1 N–H and O–H groups in total. The number of carbonyl (C=O) groups is 1. The van der Waals surface area contributed by atoms with Crippen molar-refractivity contribution in [2.45, 2.75) is 26.2 Å². The molecule has 18 heavy (non-hydrogen) atoms. The average molecular weight is 267 g/mol. The van der Waals surface area contributed by atoms with Crippen LogP contribution in [0.5, 0.6) is 0 Å². The standard InChI is InChI=1S/C14H21NO2S/c1-2-12-3-4-14(18-12)13(17)9-15-7-5-11(10-16)6-8-15/h3-4,11,16H,2,5-10H2,1H3. The van der Waals surface area contributed by atoms with Gasteiger partial charge in [0.05, 0.1) is 11.4 Å². The van der Waals surface area contributed by atoms with Crippen LogP contribution in [0.2, 0.25) is 0 Å². The number of carbonyl (C=O) groups excluding carboxylic acids is 1. The molecule has 0 bridgehead atoms. The summed E-state index contributed by atoms with van der Waals surface area (Å²) >= 11 is 1.62. The lowest BCUT2D eigenvalue weighted by Crippen LogP contribution is -2.38. The molecule has 0 aliphatic carbocycles. The zero-order valence-corrected chi connectivity index (χ0v) is 11.7. The van der Waals surface area contributed by atoms with Crippen molar-refractivity contribution >= 4 is 17.1 Å². The largest absolute Gasteiger partial charge is 0.396 e. The molecule has 1 aromatic rings. The number of hydrogen-bond donors (Lipinski definition) is 1. The van der Waals surface area contributed by atoms with Crippen LogP contribution in [0.1, 0.15) is 34.3 Å². The van der Waals surface area contributed by atoms with Gasteiger partial charge in [-0.3, -0.25) is 9.69 Å². The zero-order chi connectivity index (χ0) is 13.0. The van der Waals surface area contributed by atoms with Crippen molar-refractivity contribution in [1.29, 1.82) is 0 Å². The summed E-state index contributed by atoms with van der Waals surface area (Å²) in [5.74, 6) is 0.673. The van der Waals surface area contributed by atoms with Crippen molar-refractivity contribution in [3.8, 4) is 0 Å². The van der Waals surface area contributed by atoms with Gasteiger partial charge in [0.15, 0.2) is 5.78 Å². The van der Waals surface area contributed by atoms with E-state index < -0.39 is 0 Å². The lowest BCUT2D eigenvalue weighted by atomic mass is 9.98. The number of piperidine rings is 1. The zero-order valence-electron chi connectivity index (χ0n) is 10.9. The van der Waals surface area contributed by atoms with Crippen molar-refractivity contribution < 1.29 is 9.90 Å². The Labute approximate surface area is 112 Å². The number of aliphatic hydroxyl groups excluding tert-OH is 1. The van der Waals surface area contributed by atoms with E-state index in [-0.39, 0.29) is 12.4 Å². The monoisotopic (exact) mass is 267 g/mol. The molecule has 0 aromatic carbocycles. The number of rotatable bonds is 5. The molecule has 4 heteroatoms. The number of thiophene rings is 1. The molecule has 1 aliphatic heterocycles. The number of hydrogen-bond acceptors (Lipinski definition) is 4. The van der Waals surface area contributed by atoms with Crippen molar-refractivity contribution in [1.82, 2.24) is 4.90 Å². The van der Waals surface area contributed by atoms with E-state index in [4.69, 9.17) is 5.11 Å². The highest BCUT2D eigenvalue weighted by molar-refractivity contribution is 7.14. The fourth-order valence-electron chi connectivity index (χ4n) is 2.33. The summed E-state index contributed by atoms with van der Waals surface area (Å²) in [7, 11) is 0. The van der Waals surface area contributed by atoms with Crippen LogP contribution in [0.25, 0.3) is 0 Å². The number of ketones is 1. The first-order valence-electron chi connectivity index (χ1n) is 6.68. The average Bonchev–Trinajstić information content (AvgIpc) is 2.88. The minimum Gasteiger partial charge on any atom is -0.396 e. The summed E-state index contributed by atoms with van der Waals surface area (Å²) < 4.78 is 0. The van der Waals surface area contributed by atoms with Crippen LogP contribution < -0.4 is 0 Å². The first-order chi connectivity index (χ1) is 8.72. The summed E-state index contributed by atoms with van der Waals surface area (Å²) in [6.45, 7) is 4.79. The van der Waals surface area contributed by atoms with Crippen LogP contribution in [0.4, 0.5) is 0 Å². The summed E-state index contributed by atoms with van der Waals surface area (Å²) in [5.41, 5.74) is 0. The Morgan fingerprint density at radius 1 is 1.44 bits per heavy atom. The van der Waals surface area contributed by atoms with Gasteiger partial charge >= 0.3 is 0 Å². The third kappa shape index (κ3) is 3.40. The Kier molecular flexibility index (Phi) is 4.92. The molecule has 0 unspecified atom stereocenters. The maximum Gasteiger partial charge on any atom is 0.186 e. The molecule has 2 rings (SSSR count). The van der Waals surface area contributed by atoms with Gasteiger partial charge in [0.1, 0.15) is 0 Å². The van der Waals surface area contributed by atoms with Gasteiger partial charge in [0, 0.05) is 11.5 Å². The minimum atomic E-state index is 0.238. The van der Waals surface area contributed by atoms with Gasteiger partial charge in [-0.15, -0.1) is 11.3 Å². The molecule has 100 valence electrons. The highest BCUT2D eigenvalue weighted by Gasteiger charge is 2.21.